The number of aromatic amines is 1. The van der Waals surface area contributed by atoms with Crippen molar-refractivity contribution in [3.05, 3.63) is 36.0 Å². The van der Waals surface area contributed by atoms with Crippen molar-refractivity contribution in [2.45, 2.75) is 6.92 Å². The number of para-hydroxylation sites is 1. The molecule has 1 aromatic heterocycles. The largest absolute Gasteiger partial charge is 0.361 e. The summed E-state index contributed by atoms with van der Waals surface area (Å²) in [6, 6.07) is 7.92. The van der Waals surface area contributed by atoms with Gasteiger partial charge in [0.2, 0.25) is 5.91 Å². The molecule has 76 valence electrons. The number of carbonyl (C=O) groups is 1. The van der Waals surface area contributed by atoms with Gasteiger partial charge in [0.25, 0.3) is 0 Å². The monoisotopic (exact) mass is 201 g/mol. The van der Waals surface area contributed by atoms with E-state index in [0.717, 1.165) is 16.5 Å². The smallest absolute Gasteiger partial charge is 0.236 e. The summed E-state index contributed by atoms with van der Waals surface area (Å²) in [4.78, 5) is 13.7. The summed E-state index contributed by atoms with van der Waals surface area (Å²) in [5.41, 5.74) is 4.38. The molecule has 0 spiro atoms. The maximum absolute atomic E-state index is 10.6. The first kappa shape index (κ1) is 9.45. The zero-order valence-electron chi connectivity index (χ0n) is 8.32. The Morgan fingerprint density at radius 1 is 1.47 bits per heavy atom. The number of benzene rings is 1. The van der Waals surface area contributed by atoms with Crippen molar-refractivity contribution in [3.63, 3.8) is 0 Å². The highest BCUT2D eigenvalue weighted by molar-refractivity contribution is 5.99. The summed E-state index contributed by atoms with van der Waals surface area (Å²) < 4.78 is 0. The van der Waals surface area contributed by atoms with Crippen molar-refractivity contribution in [2.24, 2.45) is 5.10 Å². The molecule has 0 saturated carbocycles. The number of H-pyrrole nitrogens is 1. The quantitative estimate of drug-likeness (QED) is 0.563. The third kappa shape index (κ3) is 2.04. The van der Waals surface area contributed by atoms with Crippen molar-refractivity contribution in [3.8, 4) is 0 Å². The van der Waals surface area contributed by atoms with Gasteiger partial charge < -0.3 is 4.98 Å². The van der Waals surface area contributed by atoms with Crippen LogP contribution in [0, 0.1) is 0 Å². The lowest BCUT2D eigenvalue weighted by molar-refractivity contribution is -0.118. The lowest BCUT2D eigenvalue weighted by Gasteiger charge is -1.91. The Morgan fingerprint density at radius 3 is 3.07 bits per heavy atom. The van der Waals surface area contributed by atoms with E-state index < -0.39 is 0 Å². The van der Waals surface area contributed by atoms with E-state index in [-0.39, 0.29) is 5.91 Å². The molecule has 0 radical (unpaired) electrons. The van der Waals surface area contributed by atoms with Crippen molar-refractivity contribution >= 4 is 23.0 Å². The zero-order valence-corrected chi connectivity index (χ0v) is 8.32. The second-order valence-electron chi connectivity index (χ2n) is 3.22. The average Bonchev–Trinajstić information content (AvgIpc) is 2.62. The van der Waals surface area contributed by atoms with E-state index in [1.165, 1.54) is 6.92 Å². The zero-order chi connectivity index (χ0) is 10.7. The number of amides is 1. The Hall–Kier alpha value is -2.10. The molecule has 1 aromatic carbocycles. The minimum absolute atomic E-state index is 0.175. The van der Waals surface area contributed by atoms with E-state index in [4.69, 9.17) is 0 Å². The van der Waals surface area contributed by atoms with Gasteiger partial charge in [-0.2, -0.15) is 5.10 Å². The standard InChI is InChI=1S/C11H11N3O/c1-8(15)14-13-7-9-6-12-11-5-3-2-4-10(9)11/h2-7,12H,1H3,(H,14,15). The Morgan fingerprint density at radius 2 is 2.27 bits per heavy atom. The minimum atomic E-state index is -0.175. The van der Waals surface area contributed by atoms with Gasteiger partial charge in [0.1, 0.15) is 0 Å². The van der Waals surface area contributed by atoms with Crippen LogP contribution in [0.2, 0.25) is 0 Å². The summed E-state index contributed by atoms with van der Waals surface area (Å²) >= 11 is 0. The average molecular weight is 201 g/mol. The predicted octanol–water partition coefficient (Wildman–Crippen LogP) is 1.64. The molecule has 0 saturated heterocycles. The Balaban J connectivity index is 2.28. The summed E-state index contributed by atoms with van der Waals surface area (Å²) in [6.45, 7) is 1.42. The second kappa shape index (κ2) is 3.96. The number of nitrogens with zero attached hydrogens (tertiary/aromatic N) is 1. The first-order chi connectivity index (χ1) is 7.27. The number of fused-ring (bicyclic) bond motifs is 1. The van der Waals surface area contributed by atoms with Gasteiger partial charge >= 0.3 is 0 Å². The van der Waals surface area contributed by atoms with Crippen LogP contribution in [-0.2, 0) is 4.79 Å². The van der Waals surface area contributed by atoms with Crippen molar-refractivity contribution in [1.82, 2.24) is 10.4 Å². The van der Waals surface area contributed by atoms with Gasteiger partial charge in [0, 0.05) is 29.6 Å². The van der Waals surface area contributed by atoms with Gasteiger partial charge in [-0.1, -0.05) is 18.2 Å². The van der Waals surface area contributed by atoms with Crippen LogP contribution in [0.4, 0.5) is 0 Å². The van der Waals surface area contributed by atoms with Crippen LogP contribution < -0.4 is 5.43 Å². The van der Waals surface area contributed by atoms with Crippen LogP contribution in [0.3, 0.4) is 0 Å². The van der Waals surface area contributed by atoms with E-state index in [0.29, 0.717) is 0 Å². The second-order valence-corrected chi connectivity index (χ2v) is 3.22. The van der Waals surface area contributed by atoms with Gasteiger partial charge in [0.15, 0.2) is 0 Å². The molecule has 4 nitrogen and oxygen atoms in total. The Labute approximate surface area is 87.0 Å². The molecule has 0 bridgehead atoms. The van der Waals surface area contributed by atoms with Crippen molar-refractivity contribution in [1.29, 1.82) is 0 Å². The molecule has 15 heavy (non-hydrogen) atoms. The number of hydrazone groups is 1. The first-order valence-corrected chi connectivity index (χ1v) is 4.63. The molecular formula is C11H11N3O. The molecular weight excluding hydrogens is 190 g/mol. The molecule has 0 atom stereocenters. The molecule has 0 unspecified atom stereocenters. The molecule has 0 aliphatic rings. The van der Waals surface area contributed by atoms with Crippen molar-refractivity contribution in [2.75, 3.05) is 0 Å². The molecule has 2 N–H and O–H groups in total. The number of hydrogen-bond acceptors (Lipinski definition) is 2. The Kier molecular flexibility index (Phi) is 2.49. The summed E-state index contributed by atoms with van der Waals surface area (Å²) in [7, 11) is 0. The van der Waals surface area contributed by atoms with E-state index in [1.807, 2.05) is 30.5 Å². The van der Waals surface area contributed by atoms with Gasteiger partial charge in [0.05, 0.1) is 6.21 Å². The van der Waals surface area contributed by atoms with Gasteiger partial charge in [-0.25, -0.2) is 5.43 Å². The fraction of sp³-hybridized carbons (Fsp3) is 0.0909. The van der Waals surface area contributed by atoms with E-state index in [1.54, 1.807) is 6.21 Å². The summed E-state index contributed by atoms with van der Waals surface area (Å²) in [5.74, 6) is -0.175. The fourth-order valence-electron chi connectivity index (χ4n) is 1.39. The molecule has 4 heteroatoms. The van der Waals surface area contributed by atoms with Crippen LogP contribution in [0.1, 0.15) is 12.5 Å². The van der Waals surface area contributed by atoms with Gasteiger partial charge in [-0.05, 0) is 6.07 Å². The summed E-state index contributed by atoms with van der Waals surface area (Å²) in [6.07, 6.45) is 3.48. The van der Waals surface area contributed by atoms with Crippen LogP contribution in [0.5, 0.6) is 0 Å². The molecule has 0 fully saturated rings. The molecule has 1 amide bonds. The SMILES string of the molecule is CC(=O)NN=Cc1c[nH]c2ccccc12. The third-order valence-electron chi connectivity index (χ3n) is 2.05. The van der Waals surface area contributed by atoms with Crippen LogP contribution in [0.15, 0.2) is 35.6 Å². The number of nitrogens with one attached hydrogen (secondary N) is 2. The third-order valence-corrected chi connectivity index (χ3v) is 2.05. The fourth-order valence-corrected chi connectivity index (χ4v) is 1.39. The van der Waals surface area contributed by atoms with Gasteiger partial charge in [-0.15, -0.1) is 0 Å². The topological polar surface area (TPSA) is 57.2 Å². The number of rotatable bonds is 2. The molecule has 1 heterocycles. The van der Waals surface area contributed by atoms with E-state index >= 15 is 0 Å². The van der Waals surface area contributed by atoms with Gasteiger partial charge in [-0.3, -0.25) is 4.79 Å². The summed E-state index contributed by atoms with van der Waals surface area (Å²) in [5, 5.41) is 4.91. The normalized spacial score (nSPS) is 11.0. The highest BCUT2D eigenvalue weighted by Gasteiger charge is 1.98. The van der Waals surface area contributed by atoms with E-state index in [2.05, 4.69) is 15.5 Å². The minimum Gasteiger partial charge on any atom is -0.361 e. The number of carbonyl (C=O) groups excluding carboxylic acids is 1. The first-order valence-electron chi connectivity index (χ1n) is 4.63. The number of aromatic nitrogens is 1. The molecule has 2 aromatic rings. The lowest BCUT2D eigenvalue weighted by atomic mass is 10.2. The van der Waals surface area contributed by atoms with Crippen molar-refractivity contribution < 1.29 is 4.79 Å². The maximum atomic E-state index is 10.6. The number of hydrogen-bond donors (Lipinski definition) is 2. The molecule has 2 rings (SSSR count). The highest BCUT2D eigenvalue weighted by atomic mass is 16.2. The van der Waals surface area contributed by atoms with Crippen LogP contribution in [0.25, 0.3) is 10.9 Å². The van der Waals surface area contributed by atoms with Crippen LogP contribution >= 0.6 is 0 Å². The highest BCUT2D eigenvalue weighted by Crippen LogP contribution is 2.15. The Bertz CT molecular complexity index is 513. The van der Waals surface area contributed by atoms with Crippen LogP contribution in [-0.4, -0.2) is 17.1 Å². The lowest BCUT2D eigenvalue weighted by Crippen LogP contribution is -2.12. The molecule has 0 aliphatic heterocycles. The van der Waals surface area contributed by atoms with E-state index in [9.17, 15) is 4.79 Å². The molecule has 0 aliphatic carbocycles. The maximum Gasteiger partial charge on any atom is 0.236 e. The predicted molar refractivity (Wildman–Crippen MR) is 59.7 cm³/mol.